The summed E-state index contributed by atoms with van der Waals surface area (Å²) in [7, 11) is 0. The maximum absolute atomic E-state index is 6.23. The fraction of sp³-hybridized carbons (Fsp3) is 0.500. The van der Waals surface area contributed by atoms with Crippen LogP contribution in [-0.2, 0) is 19.4 Å². The van der Waals surface area contributed by atoms with E-state index >= 15 is 0 Å². The van der Waals surface area contributed by atoms with Gasteiger partial charge in [-0.2, -0.15) is 5.10 Å². The molecule has 2 aromatic rings. The van der Waals surface area contributed by atoms with E-state index in [1.165, 1.54) is 0 Å². The number of nitrogens with two attached hydrogens (primary N) is 1. The van der Waals surface area contributed by atoms with Crippen LogP contribution in [-0.4, -0.2) is 19.7 Å². The van der Waals surface area contributed by atoms with E-state index in [0.29, 0.717) is 12.2 Å². The van der Waals surface area contributed by atoms with Crippen LogP contribution in [0, 0.1) is 6.92 Å². The zero-order valence-corrected chi connectivity index (χ0v) is 13.7. The minimum atomic E-state index is -0.224. The molecule has 0 saturated heterocycles. The van der Waals surface area contributed by atoms with Crippen molar-refractivity contribution < 1.29 is 0 Å². The SMILES string of the molecule is CCc1nn(CC)c(CC(N)c2ncc(C)cn2)c1Br. The summed E-state index contributed by atoms with van der Waals surface area (Å²) < 4.78 is 3.06. The van der Waals surface area contributed by atoms with Gasteiger partial charge in [0, 0.05) is 25.4 Å². The van der Waals surface area contributed by atoms with Crippen LogP contribution in [0.25, 0.3) is 0 Å². The van der Waals surface area contributed by atoms with Gasteiger partial charge in [0.1, 0.15) is 5.82 Å². The Balaban J connectivity index is 2.25. The smallest absolute Gasteiger partial charge is 0.145 e. The van der Waals surface area contributed by atoms with Crippen LogP contribution in [0.1, 0.15) is 42.7 Å². The van der Waals surface area contributed by atoms with Crippen LogP contribution >= 0.6 is 15.9 Å². The first-order valence-electron chi connectivity index (χ1n) is 6.84. The molecule has 108 valence electrons. The Hall–Kier alpha value is -1.27. The third-order valence-electron chi connectivity index (χ3n) is 3.24. The van der Waals surface area contributed by atoms with Crippen LogP contribution < -0.4 is 5.73 Å². The molecule has 2 rings (SSSR count). The predicted octanol–water partition coefficient (Wildman–Crippen LogP) is 2.57. The zero-order chi connectivity index (χ0) is 14.7. The number of halogens is 1. The van der Waals surface area contributed by atoms with Gasteiger partial charge in [0.15, 0.2) is 0 Å². The first-order chi connectivity index (χ1) is 9.56. The van der Waals surface area contributed by atoms with Gasteiger partial charge in [-0.3, -0.25) is 4.68 Å². The maximum Gasteiger partial charge on any atom is 0.145 e. The molecule has 1 atom stereocenters. The molecule has 0 aliphatic carbocycles. The summed E-state index contributed by atoms with van der Waals surface area (Å²) in [5, 5.41) is 4.58. The van der Waals surface area contributed by atoms with Gasteiger partial charge in [0.05, 0.1) is 21.9 Å². The van der Waals surface area contributed by atoms with E-state index in [4.69, 9.17) is 5.73 Å². The van der Waals surface area contributed by atoms with Crippen molar-refractivity contribution in [3.05, 3.63) is 39.6 Å². The lowest BCUT2D eigenvalue weighted by Gasteiger charge is -2.12. The highest BCUT2D eigenvalue weighted by molar-refractivity contribution is 9.10. The highest BCUT2D eigenvalue weighted by atomic mass is 79.9. The number of aryl methyl sites for hydroxylation is 3. The van der Waals surface area contributed by atoms with Crippen molar-refractivity contribution >= 4 is 15.9 Å². The molecule has 20 heavy (non-hydrogen) atoms. The van der Waals surface area contributed by atoms with E-state index < -0.39 is 0 Å². The van der Waals surface area contributed by atoms with Crippen molar-refractivity contribution in [1.82, 2.24) is 19.7 Å². The Kier molecular flexibility index (Phi) is 4.88. The lowest BCUT2D eigenvalue weighted by atomic mass is 10.1. The van der Waals surface area contributed by atoms with Crippen molar-refractivity contribution in [2.45, 2.75) is 46.2 Å². The first-order valence-corrected chi connectivity index (χ1v) is 7.64. The standard InChI is InChI=1S/C14H20BrN5/c1-4-11-13(15)12(20(5-2)19-11)6-10(16)14-17-7-9(3)8-18-14/h7-8,10H,4-6,16H2,1-3H3. The normalized spacial score (nSPS) is 12.7. The van der Waals surface area contributed by atoms with Crippen LogP contribution in [0.2, 0.25) is 0 Å². The molecular weight excluding hydrogens is 318 g/mol. The minimum absolute atomic E-state index is 0.224. The highest BCUT2D eigenvalue weighted by Crippen LogP contribution is 2.25. The number of hydrogen-bond donors (Lipinski definition) is 1. The largest absolute Gasteiger partial charge is 0.321 e. The predicted molar refractivity (Wildman–Crippen MR) is 82.4 cm³/mol. The van der Waals surface area contributed by atoms with E-state index in [9.17, 15) is 0 Å². The van der Waals surface area contributed by atoms with Crippen molar-refractivity contribution in [3.8, 4) is 0 Å². The monoisotopic (exact) mass is 337 g/mol. The molecule has 2 N–H and O–H groups in total. The Labute approximate surface area is 127 Å². The molecule has 1 unspecified atom stereocenters. The van der Waals surface area contributed by atoms with Gasteiger partial charge in [-0.1, -0.05) is 6.92 Å². The fourth-order valence-corrected chi connectivity index (χ4v) is 2.83. The van der Waals surface area contributed by atoms with Crippen LogP contribution in [0.3, 0.4) is 0 Å². The second kappa shape index (κ2) is 6.45. The van der Waals surface area contributed by atoms with Gasteiger partial charge in [-0.05, 0) is 41.8 Å². The third-order valence-corrected chi connectivity index (χ3v) is 4.16. The quantitative estimate of drug-likeness (QED) is 0.910. The Morgan fingerprint density at radius 2 is 1.95 bits per heavy atom. The third kappa shape index (κ3) is 3.07. The van der Waals surface area contributed by atoms with Gasteiger partial charge < -0.3 is 5.73 Å². The molecule has 0 aromatic carbocycles. The summed E-state index contributed by atoms with van der Waals surface area (Å²) in [5.74, 6) is 0.671. The average molecular weight is 338 g/mol. The molecule has 0 amide bonds. The average Bonchev–Trinajstić information content (AvgIpc) is 2.76. The molecule has 0 bridgehead atoms. The molecular formula is C14H20BrN5. The summed E-state index contributed by atoms with van der Waals surface area (Å²) in [6.07, 6.45) is 5.17. The van der Waals surface area contributed by atoms with Crippen molar-refractivity contribution in [1.29, 1.82) is 0 Å². The Morgan fingerprint density at radius 1 is 1.30 bits per heavy atom. The minimum Gasteiger partial charge on any atom is -0.321 e. The molecule has 2 heterocycles. The van der Waals surface area contributed by atoms with E-state index in [0.717, 1.165) is 34.4 Å². The number of hydrogen-bond acceptors (Lipinski definition) is 4. The van der Waals surface area contributed by atoms with E-state index in [2.05, 4.69) is 44.8 Å². The lowest BCUT2D eigenvalue weighted by molar-refractivity contribution is 0.572. The van der Waals surface area contributed by atoms with E-state index in [1.807, 2.05) is 11.6 Å². The van der Waals surface area contributed by atoms with Crippen LogP contribution in [0.5, 0.6) is 0 Å². The fourth-order valence-electron chi connectivity index (χ4n) is 2.11. The molecule has 2 aromatic heterocycles. The van der Waals surface area contributed by atoms with Crippen LogP contribution in [0.4, 0.5) is 0 Å². The molecule has 0 aliphatic heterocycles. The summed E-state index contributed by atoms with van der Waals surface area (Å²) >= 11 is 3.64. The highest BCUT2D eigenvalue weighted by Gasteiger charge is 2.18. The maximum atomic E-state index is 6.23. The molecule has 0 spiro atoms. The van der Waals surface area contributed by atoms with Crippen molar-refractivity contribution in [3.63, 3.8) is 0 Å². The van der Waals surface area contributed by atoms with Gasteiger partial charge in [0.2, 0.25) is 0 Å². The second-order valence-corrected chi connectivity index (χ2v) is 5.60. The van der Waals surface area contributed by atoms with E-state index in [1.54, 1.807) is 12.4 Å². The topological polar surface area (TPSA) is 69.6 Å². The van der Waals surface area contributed by atoms with Gasteiger partial charge in [-0.25, -0.2) is 9.97 Å². The number of rotatable bonds is 5. The summed E-state index contributed by atoms with van der Waals surface area (Å²) in [4.78, 5) is 8.61. The first kappa shape index (κ1) is 15.1. The van der Waals surface area contributed by atoms with Gasteiger partial charge in [0.25, 0.3) is 0 Å². The lowest BCUT2D eigenvalue weighted by Crippen LogP contribution is -2.19. The van der Waals surface area contributed by atoms with Crippen molar-refractivity contribution in [2.75, 3.05) is 0 Å². The molecule has 0 radical (unpaired) electrons. The van der Waals surface area contributed by atoms with Gasteiger partial charge >= 0.3 is 0 Å². The number of aromatic nitrogens is 4. The molecule has 6 heteroatoms. The van der Waals surface area contributed by atoms with Gasteiger partial charge in [-0.15, -0.1) is 0 Å². The van der Waals surface area contributed by atoms with E-state index in [-0.39, 0.29) is 6.04 Å². The summed E-state index contributed by atoms with van der Waals surface area (Å²) in [6, 6.07) is -0.224. The summed E-state index contributed by atoms with van der Waals surface area (Å²) in [6.45, 7) is 6.97. The van der Waals surface area contributed by atoms with Crippen LogP contribution in [0.15, 0.2) is 16.9 Å². The molecule has 5 nitrogen and oxygen atoms in total. The molecule has 0 fully saturated rings. The number of nitrogens with zero attached hydrogens (tertiary/aromatic N) is 4. The molecule has 0 aliphatic rings. The Bertz CT molecular complexity index is 576. The van der Waals surface area contributed by atoms with Crippen molar-refractivity contribution in [2.24, 2.45) is 5.73 Å². The Morgan fingerprint density at radius 3 is 2.50 bits per heavy atom. The molecule has 0 saturated carbocycles. The zero-order valence-electron chi connectivity index (χ0n) is 12.1. The summed E-state index contributed by atoms with van der Waals surface area (Å²) in [5.41, 5.74) is 9.45. The second-order valence-electron chi connectivity index (χ2n) is 4.81.